The third kappa shape index (κ3) is 3.19. The predicted octanol–water partition coefficient (Wildman–Crippen LogP) is 3.60. The van der Waals surface area contributed by atoms with Crippen LogP contribution in [0.2, 0.25) is 0 Å². The Kier molecular flexibility index (Phi) is 4.57. The topological polar surface area (TPSA) is 68.5 Å². The van der Waals surface area contributed by atoms with Gasteiger partial charge in [0.2, 0.25) is 16.8 Å². The lowest BCUT2D eigenvalue weighted by atomic mass is 10.1. The molecule has 0 atom stereocenters. The zero-order valence-corrected chi connectivity index (χ0v) is 13.9. The summed E-state index contributed by atoms with van der Waals surface area (Å²) in [5.41, 5.74) is 1.83. The highest BCUT2D eigenvalue weighted by Crippen LogP contribution is 2.32. The first-order valence-electron chi connectivity index (χ1n) is 7.50. The Bertz CT molecular complexity index is 824. The number of anilines is 1. The Hall–Kier alpha value is -2.41. The average molecular weight is 330 g/mol. The van der Waals surface area contributed by atoms with Gasteiger partial charge in [0.15, 0.2) is 0 Å². The van der Waals surface area contributed by atoms with Crippen LogP contribution in [-0.4, -0.2) is 27.6 Å². The Morgan fingerprint density at radius 1 is 1.39 bits per heavy atom. The van der Waals surface area contributed by atoms with E-state index in [0.29, 0.717) is 12.4 Å². The maximum absolute atomic E-state index is 11.8. The van der Waals surface area contributed by atoms with E-state index in [4.69, 9.17) is 4.74 Å². The molecule has 0 bridgehead atoms. The van der Waals surface area contributed by atoms with Crippen molar-refractivity contribution in [1.29, 1.82) is 0 Å². The monoisotopic (exact) mass is 330 g/mol. The number of hydrogen-bond donors (Lipinski definition) is 1. The number of carbonyl (C=O) groups excluding carboxylic acids is 1. The molecule has 1 N–H and O–H groups in total. The molecule has 0 saturated heterocycles. The van der Waals surface area contributed by atoms with Gasteiger partial charge in [0, 0.05) is 17.4 Å². The number of benzene rings is 1. The van der Waals surface area contributed by atoms with Gasteiger partial charge in [-0.1, -0.05) is 25.5 Å². The van der Waals surface area contributed by atoms with E-state index in [1.165, 1.54) is 11.3 Å². The molecule has 7 heteroatoms. The van der Waals surface area contributed by atoms with Crippen LogP contribution in [0.4, 0.5) is 5.95 Å². The number of nitrogens with one attached hydrogen (secondary N) is 1. The van der Waals surface area contributed by atoms with Crippen molar-refractivity contribution in [2.75, 3.05) is 12.4 Å². The number of carbonyl (C=O) groups is 1. The number of unbranched alkanes of at least 4 members (excludes halogenated alkanes) is 1. The maximum Gasteiger partial charge on any atom is 0.250 e. The van der Waals surface area contributed by atoms with Crippen LogP contribution in [0.25, 0.3) is 16.2 Å². The van der Waals surface area contributed by atoms with Gasteiger partial charge in [-0.15, -0.1) is 16.4 Å². The fourth-order valence-electron chi connectivity index (χ4n) is 2.30. The van der Waals surface area contributed by atoms with Gasteiger partial charge in [-0.25, -0.2) is 4.52 Å². The summed E-state index contributed by atoms with van der Waals surface area (Å²) in [6.07, 6.45) is 2.33. The van der Waals surface area contributed by atoms with E-state index in [0.717, 1.165) is 34.8 Å². The number of para-hydroxylation sites is 1. The highest BCUT2D eigenvalue weighted by molar-refractivity contribution is 7.15. The van der Waals surface area contributed by atoms with Gasteiger partial charge in [-0.05, 0) is 18.6 Å². The van der Waals surface area contributed by atoms with Crippen molar-refractivity contribution in [2.24, 2.45) is 0 Å². The molecule has 0 saturated carbocycles. The fourth-order valence-corrected chi connectivity index (χ4v) is 3.12. The van der Waals surface area contributed by atoms with E-state index in [-0.39, 0.29) is 5.91 Å². The van der Waals surface area contributed by atoms with Gasteiger partial charge in [0.1, 0.15) is 5.75 Å². The van der Waals surface area contributed by atoms with Gasteiger partial charge >= 0.3 is 0 Å². The molecule has 0 unspecified atom stereocenters. The van der Waals surface area contributed by atoms with Crippen molar-refractivity contribution in [1.82, 2.24) is 14.6 Å². The van der Waals surface area contributed by atoms with E-state index < -0.39 is 0 Å². The van der Waals surface area contributed by atoms with Crippen LogP contribution in [0.5, 0.6) is 5.75 Å². The minimum atomic E-state index is -0.0519. The van der Waals surface area contributed by atoms with Crippen molar-refractivity contribution in [2.45, 2.75) is 26.2 Å². The summed E-state index contributed by atoms with van der Waals surface area (Å²) < 4.78 is 7.14. The van der Waals surface area contributed by atoms with Crippen molar-refractivity contribution in [3.63, 3.8) is 0 Å². The normalized spacial score (nSPS) is 10.9. The number of fused-ring (bicyclic) bond motifs is 1. The largest absolute Gasteiger partial charge is 0.496 e. The van der Waals surface area contributed by atoms with Crippen LogP contribution in [0.1, 0.15) is 26.2 Å². The molecular weight excluding hydrogens is 312 g/mol. The molecule has 1 aromatic carbocycles. The van der Waals surface area contributed by atoms with Crippen LogP contribution in [0.3, 0.4) is 0 Å². The Balaban J connectivity index is 1.90. The predicted molar refractivity (Wildman–Crippen MR) is 91.0 cm³/mol. The molecule has 120 valence electrons. The second kappa shape index (κ2) is 6.78. The van der Waals surface area contributed by atoms with E-state index in [2.05, 4.69) is 22.3 Å². The number of aromatic nitrogens is 3. The van der Waals surface area contributed by atoms with Crippen molar-refractivity contribution in [3.8, 4) is 17.0 Å². The molecule has 0 radical (unpaired) electrons. The number of hydrogen-bond acceptors (Lipinski definition) is 5. The van der Waals surface area contributed by atoms with Gasteiger partial charge in [-0.3, -0.25) is 10.1 Å². The number of amides is 1. The standard InChI is InChI=1S/C16H18N4O2S/c1-3-4-9-14(21)17-15-18-16-20(19-15)12(10-23-16)11-7-5-6-8-13(11)22-2/h5-8,10H,3-4,9H2,1-2H3,(H,17,19,21). The number of ether oxygens (including phenoxy) is 1. The lowest BCUT2D eigenvalue weighted by Crippen LogP contribution is -2.12. The molecule has 6 nitrogen and oxygen atoms in total. The van der Waals surface area contributed by atoms with Gasteiger partial charge in [0.05, 0.1) is 12.8 Å². The molecule has 0 spiro atoms. The first-order chi connectivity index (χ1) is 11.2. The zero-order valence-electron chi connectivity index (χ0n) is 13.1. The molecule has 3 rings (SSSR count). The van der Waals surface area contributed by atoms with Crippen LogP contribution in [0.15, 0.2) is 29.6 Å². The summed E-state index contributed by atoms with van der Waals surface area (Å²) >= 11 is 1.48. The SMILES string of the molecule is CCCCC(=O)Nc1nc2scc(-c3ccccc3OC)n2n1. The highest BCUT2D eigenvalue weighted by atomic mass is 32.1. The smallest absolute Gasteiger partial charge is 0.250 e. The summed E-state index contributed by atoms with van der Waals surface area (Å²) in [5, 5.41) is 9.14. The van der Waals surface area contributed by atoms with Gasteiger partial charge in [0.25, 0.3) is 0 Å². The van der Waals surface area contributed by atoms with Gasteiger partial charge < -0.3 is 4.74 Å². The van der Waals surface area contributed by atoms with E-state index in [1.807, 2.05) is 29.6 Å². The summed E-state index contributed by atoms with van der Waals surface area (Å²) in [6, 6.07) is 7.75. The summed E-state index contributed by atoms with van der Waals surface area (Å²) in [4.78, 5) is 16.9. The third-order valence-electron chi connectivity index (χ3n) is 3.47. The maximum atomic E-state index is 11.8. The number of rotatable bonds is 6. The molecule has 2 aromatic heterocycles. The summed E-state index contributed by atoms with van der Waals surface area (Å²) in [6.45, 7) is 2.05. The lowest BCUT2D eigenvalue weighted by molar-refractivity contribution is -0.116. The molecule has 0 aliphatic carbocycles. The van der Waals surface area contributed by atoms with Gasteiger partial charge in [-0.2, -0.15) is 4.98 Å². The number of nitrogens with zero attached hydrogens (tertiary/aromatic N) is 3. The number of methoxy groups -OCH3 is 1. The summed E-state index contributed by atoms with van der Waals surface area (Å²) in [7, 11) is 1.64. The molecule has 0 aliphatic heterocycles. The second-order valence-corrected chi connectivity index (χ2v) is 5.94. The van der Waals surface area contributed by atoms with Crippen molar-refractivity contribution >= 4 is 28.2 Å². The van der Waals surface area contributed by atoms with E-state index in [9.17, 15) is 4.79 Å². The summed E-state index contributed by atoms with van der Waals surface area (Å²) in [5.74, 6) is 1.06. The zero-order chi connectivity index (χ0) is 16.2. The number of thiazole rings is 1. The van der Waals surface area contributed by atoms with Crippen molar-refractivity contribution < 1.29 is 9.53 Å². The molecule has 2 heterocycles. The van der Waals surface area contributed by atoms with Crippen LogP contribution < -0.4 is 10.1 Å². The lowest BCUT2D eigenvalue weighted by Gasteiger charge is -2.06. The van der Waals surface area contributed by atoms with E-state index in [1.54, 1.807) is 11.6 Å². The van der Waals surface area contributed by atoms with Crippen LogP contribution >= 0.6 is 11.3 Å². The molecule has 23 heavy (non-hydrogen) atoms. The Labute approximate surface area is 138 Å². The molecule has 0 aliphatic rings. The quantitative estimate of drug-likeness (QED) is 0.750. The minimum Gasteiger partial charge on any atom is -0.496 e. The third-order valence-corrected chi connectivity index (χ3v) is 4.29. The highest BCUT2D eigenvalue weighted by Gasteiger charge is 2.15. The van der Waals surface area contributed by atoms with Crippen LogP contribution in [0, 0.1) is 0 Å². The average Bonchev–Trinajstić information content (AvgIpc) is 3.12. The Morgan fingerprint density at radius 3 is 3.00 bits per heavy atom. The Morgan fingerprint density at radius 2 is 2.22 bits per heavy atom. The minimum absolute atomic E-state index is 0.0519. The first kappa shape index (κ1) is 15.5. The van der Waals surface area contributed by atoms with Crippen LogP contribution in [-0.2, 0) is 4.79 Å². The fraction of sp³-hybridized carbons (Fsp3) is 0.312. The molecule has 0 fully saturated rings. The van der Waals surface area contributed by atoms with Crippen molar-refractivity contribution in [3.05, 3.63) is 29.6 Å². The van der Waals surface area contributed by atoms with E-state index >= 15 is 0 Å². The molecule has 1 amide bonds. The molecule has 3 aromatic rings. The molecular formula is C16H18N4O2S. The first-order valence-corrected chi connectivity index (χ1v) is 8.38. The second-order valence-electron chi connectivity index (χ2n) is 5.10.